The van der Waals surface area contributed by atoms with Crippen molar-refractivity contribution in [2.75, 3.05) is 13.6 Å². The van der Waals surface area contributed by atoms with E-state index >= 15 is 0 Å². The maximum atomic E-state index is 12.3. The van der Waals surface area contributed by atoms with Gasteiger partial charge in [-0.05, 0) is 24.1 Å². The summed E-state index contributed by atoms with van der Waals surface area (Å²) in [6.07, 6.45) is 5.88. The van der Waals surface area contributed by atoms with Crippen LogP contribution in [0.25, 0.3) is 0 Å². The first-order valence-electron chi connectivity index (χ1n) is 7.56. The number of unbranched alkanes of at least 4 members (excludes halogenated alkanes) is 1. The Morgan fingerprint density at radius 2 is 2.05 bits per heavy atom. The zero-order chi connectivity index (χ0) is 15.9. The molecule has 0 unspecified atom stereocenters. The molecule has 0 saturated carbocycles. The molecule has 2 aromatic rings. The smallest absolute Gasteiger partial charge is 0.253 e. The first-order chi connectivity index (χ1) is 10.6. The summed E-state index contributed by atoms with van der Waals surface area (Å²) in [4.78, 5) is 18.3. The molecule has 0 saturated heterocycles. The molecule has 4 nitrogen and oxygen atoms in total. The van der Waals surface area contributed by atoms with Crippen LogP contribution >= 0.6 is 11.8 Å². The van der Waals surface area contributed by atoms with E-state index in [1.165, 1.54) is 5.56 Å². The van der Waals surface area contributed by atoms with Gasteiger partial charge in [0, 0.05) is 44.4 Å². The fourth-order valence-electron chi connectivity index (χ4n) is 2.10. The second-order valence-electron chi connectivity index (χ2n) is 5.39. The maximum absolute atomic E-state index is 12.3. The number of carbonyl (C=O) groups is 1. The first-order valence-corrected chi connectivity index (χ1v) is 8.55. The number of aromatic nitrogens is 2. The van der Waals surface area contributed by atoms with Gasteiger partial charge in [-0.2, -0.15) is 0 Å². The van der Waals surface area contributed by atoms with Crippen molar-refractivity contribution < 1.29 is 4.79 Å². The zero-order valence-corrected chi connectivity index (χ0v) is 14.3. The third-order valence-electron chi connectivity index (χ3n) is 3.54. The van der Waals surface area contributed by atoms with Crippen LogP contribution in [0.15, 0.2) is 41.8 Å². The molecule has 1 amide bonds. The molecule has 22 heavy (non-hydrogen) atoms. The highest BCUT2D eigenvalue weighted by atomic mass is 32.2. The molecule has 0 spiro atoms. The molecular formula is C17H23N3OS. The molecule has 0 radical (unpaired) electrons. The summed E-state index contributed by atoms with van der Waals surface area (Å²) >= 11 is 1.69. The fourth-order valence-corrected chi connectivity index (χ4v) is 2.99. The Balaban J connectivity index is 1.92. The SMILES string of the molecule is CCCCN(C)C(=O)c1ccc(CSc2nccn2C)cc1. The molecule has 1 aromatic carbocycles. The quantitative estimate of drug-likeness (QED) is 0.733. The van der Waals surface area contributed by atoms with E-state index in [4.69, 9.17) is 0 Å². The molecule has 0 N–H and O–H groups in total. The standard InChI is InChI=1S/C17H23N3OS/c1-4-5-11-19(2)16(21)15-8-6-14(7-9-15)13-22-17-18-10-12-20(17)3/h6-10,12H,4-5,11,13H2,1-3H3. The molecule has 0 aliphatic rings. The number of rotatable bonds is 7. The van der Waals surface area contributed by atoms with Gasteiger partial charge < -0.3 is 9.47 Å². The van der Waals surface area contributed by atoms with Crippen molar-refractivity contribution >= 4 is 17.7 Å². The van der Waals surface area contributed by atoms with Crippen molar-refractivity contribution in [2.24, 2.45) is 7.05 Å². The van der Waals surface area contributed by atoms with Crippen molar-refractivity contribution in [2.45, 2.75) is 30.7 Å². The van der Waals surface area contributed by atoms with E-state index in [-0.39, 0.29) is 5.91 Å². The van der Waals surface area contributed by atoms with Crippen LogP contribution in [0.4, 0.5) is 0 Å². The van der Waals surface area contributed by atoms with Crippen LogP contribution in [-0.2, 0) is 12.8 Å². The summed E-state index contributed by atoms with van der Waals surface area (Å²) in [5.41, 5.74) is 1.95. The molecule has 118 valence electrons. The van der Waals surface area contributed by atoms with Gasteiger partial charge in [0.05, 0.1) is 0 Å². The van der Waals surface area contributed by atoms with Gasteiger partial charge in [0.15, 0.2) is 5.16 Å². The van der Waals surface area contributed by atoms with E-state index < -0.39 is 0 Å². The van der Waals surface area contributed by atoms with Crippen LogP contribution < -0.4 is 0 Å². The lowest BCUT2D eigenvalue weighted by molar-refractivity contribution is 0.0793. The third-order valence-corrected chi connectivity index (χ3v) is 4.67. The number of aryl methyl sites for hydroxylation is 1. The van der Waals surface area contributed by atoms with Gasteiger partial charge in [-0.3, -0.25) is 4.79 Å². The van der Waals surface area contributed by atoms with E-state index in [0.717, 1.165) is 35.9 Å². The number of hydrogen-bond acceptors (Lipinski definition) is 3. The Morgan fingerprint density at radius 3 is 2.64 bits per heavy atom. The maximum Gasteiger partial charge on any atom is 0.253 e. The molecule has 2 rings (SSSR count). The molecule has 0 atom stereocenters. The number of carbonyl (C=O) groups excluding carboxylic acids is 1. The van der Waals surface area contributed by atoms with Crippen LogP contribution in [0.2, 0.25) is 0 Å². The highest BCUT2D eigenvalue weighted by molar-refractivity contribution is 7.98. The molecule has 0 aliphatic carbocycles. The van der Waals surface area contributed by atoms with E-state index in [0.29, 0.717) is 0 Å². The van der Waals surface area contributed by atoms with Crippen LogP contribution in [0.3, 0.4) is 0 Å². The van der Waals surface area contributed by atoms with Gasteiger partial charge in [-0.25, -0.2) is 4.98 Å². The average Bonchev–Trinajstić information content (AvgIpc) is 2.95. The van der Waals surface area contributed by atoms with E-state index in [2.05, 4.69) is 11.9 Å². The number of hydrogen-bond donors (Lipinski definition) is 0. The van der Waals surface area contributed by atoms with Gasteiger partial charge >= 0.3 is 0 Å². The van der Waals surface area contributed by atoms with Crippen LogP contribution in [0, 0.1) is 0 Å². The van der Waals surface area contributed by atoms with Crippen LogP contribution in [0.5, 0.6) is 0 Å². The molecule has 0 aliphatic heterocycles. The van der Waals surface area contributed by atoms with Crippen molar-refractivity contribution in [3.05, 3.63) is 47.8 Å². The van der Waals surface area contributed by atoms with E-state index in [1.807, 2.05) is 49.1 Å². The van der Waals surface area contributed by atoms with Crippen molar-refractivity contribution in [1.29, 1.82) is 0 Å². The minimum absolute atomic E-state index is 0.0942. The number of imidazole rings is 1. The summed E-state index contributed by atoms with van der Waals surface area (Å²) in [5.74, 6) is 0.946. The number of benzene rings is 1. The Bertz CT molecular complexity index is 607. The molecule has 1 aromatic heterocycles. The van der Waals surface area contributed by atoms with Crippen molar-refractivity contribution in [3.63, 3.8) is 0 Å². The molecule has 0 fully saturated rings. The van der Waals surface area contributed by atoms with Gasteiger partial charge in [-0.1, -0.05) is 37.2 Å². The Kier molecular flexibility index (Phi) is 6.07. The highest BCUT2D eigenvalue weighted by Crippen LogP contribution is 2.20. The van der Waals surface area contributed by atoms with Gasteiger partial charge in [0.1, 0.15) is 0 Å². The normalized spacial score (nSPS) is 10.7. The predicted octanol–water partition coefficient (Wildman–Crippen LogP) is 3.58. The van der Waals surface area contributed by atoms with Gasteiger partial charge in [0.2, 0.25) is 0 Å². The molecule has 1 heterocycles. The van der Waals surface area contributed by atoms with Gasteiger partial charge in [0.25, 0.3) is 5.91 Å². The average molecular weight is 317 g/mol. The van der Waals surface area contributed by atoms with Crippen molar-refractivity contribution in [1.82, 2.24) is 14.5 Å². The largest absolute Gasteiger partial charge is 0.342 e. The summed E-state index contributed by atoms with van der Waals surface area (Å²) in [6.45, 7) is 2.94. The minimum atomic E-state index is 0.0942. The predicted molar refractivity (Wildman–Crippen MR) is 91.1 cm³/mol. The van der Waals surface area contributed by atoms with Crippen LogP contribution in [0.1, 0.15) is 35.7 Å². The summed E-state index contributed by atoms with van der Waals surface area (Å²) in [7, 11) is 3.85. The first kappa shape index (κ1) is 16.6. The summed E-state index contributed by atoms with van der Waals surface area (Å²) < 4.78 is 2.01. The van der Waals surface area contributed by atoms with E-state index in [1.54, 1.807) is 22.9 Å². The lowest BCUT2D eigenvalue weighted by atomic mass is 10.1. The Morgan fingerprint density at radius 1 is 1.32 bits per heavy atom. The Labute approximate surface area is 136 Å². The molecule has 5 heteroatoms. The summed E-state index contributed by atoms with van der Waals surface area (Å²) in [5, 5.41) is 0.999. The lowest BCUT2D eigenvalue weighted by Gasteiger charge is -2.16. The zero-order valence-electron chi connectivity index (χ0n) is 13.5. The third kappa shape index (κ3) is 4.37. The monoisotopic (exact) mass is 317 g/mol. The number of amides is 1. The Hall–Kier alpha value is -1.75. The van der Waals surface area contributed by atoms with Gasteiger partial charge in [-0.15, -0.1) is 0 Å². The fraction of sp³-hybridized carbons (Fsp3) is 0.412. The second-order valence-corrected chi connectivity index (χ2v) is 6.33. The lowest BCUT2D eigenvalue weighted by Crippen LogP contribution is -2.27. The van der Waals surface area contributed by atoms with Crippen LogP contribution in [-0.4, -0.2) is 34.0 Å². The second kappa shape index (κ2) is 8.03. The summed E-state index contributed by atoms with van der Waals surface area (Å²) in [6, 6.07) is 7.88. The highest BCUT2D eigenvalue weighted by Gasteiger charge is 2.11. The topological polar surface area (TPSA) is 38.1 Å². The van der Waals surface area contributed by atoms with Crippen molar-refractivity contribution in [3.8, 4) is 0 Å². The minimum Gasteiger partial charge on any atom is -0.342 e. The van der Waals surface area contributed by atoms with E-state index in [9.17, 15) is 4.79 Å². The number of thioether (sulfide) groups is 1. The molecular weight excluding hydrogens is 294 g/mol. The number of nitrogens with zero attached hydrogens (tertiary/aromatic N) is 3. The molecule has 0 bridgehead atoms.